The zero-order chi connectivity index (χ0) is 38.1. The number of benzene rings is 2. The van der Waals surface area contributed by atoms with Gasteiger partial charge in [-0.3, -0.25) is 34.7 Å². The highest BCUT2D eigenvalue weighted by Gasteiger charge is 2.60. The lowest BCUT2D eigenvalue weighted by molar-refractivity contribution is -0.869. The highest BCUT2D eigenvalue weighted by atomic mass is 32.2. The molecule has 0 saturated carbocycles. The van der Waals surface area contributed by atoms with Crippen LogP contribution in [0.25, 0.3) is 0 Å². The first-order valence-electron chi connectivity index (χ1n) is 16.8. The van der Waals surface area contributed by atoms with Crippen molar-refractivity contribution in [2.75, 3.05) is 34.2 Å². The number of fused-ring (bicyclic) bond motifs is 1. The van der Waals surface area contributed by atoms with Gasteiger partial charge in [0.05, 0.1) is 68.1 Å². The fraction of sp³-hybridized carbons (Fsp3) is 0.486. The molecule has 52 heavy (non-hydrogen) atoms. The summed E-state index contributed by atoms with van der Waals surface area (Å²) < 4.78 is 11.7. The number of carbonyl (C=O) groups excluding carboxylic acids is 4. The Morgan fingerprint density at radius 3 is 2.00 bits per heavy atom. The van der Waals surface area contributed by atoms with Crippen LogP contribution < -0.4 is 0 Å². The predicted molar refractivity (Wildman–Crippen MR) is 187 cm³/mol. The number of quaternary nitrogens is 1. The fourth-order valence-electron chi connectivity index (χ4n) is 6.72. The van der Waals surface area contributed by atoms with E-state index in [0.717, 1.165) is 0 Å². The number of hydrogen-bond donors (Lipinski definition) is 1. The highest BCUT2D eigenvalue weighted by Crippen LogP contribution is 2.52. The molecule has 2 aromatic rings. The maximum absolute atomic E-state index is 13.7. The summed E-state index contributed by atoms with van der Waals surface area (Å²) in [5, 5.41) is 32.1. The Morgan fingerprint density at radius 2 is 1.50 bits per heavy atom. The zero-order valence-electron chi connectivity index (χ0n) is 29.5. The monoisotopic (exact) mass is 740 g/mol. The molecule has 3 aliphatic rings. The van der Waals surface area contributed by atoms with Crippen molar-refractivity contribution in [3.63, 3.8) is 0 Å². The normalized spacial score (nSPS) is 23.2. The van der Waals surface area contributed by atoms with Gasteiger partial charge in [-0.15, -0.1) is 11.8 Å². The van der Waals surface area contributed by atoms with Gasteiger partial charge in [0.2, 0.25) is 5.91 Å². The van der Waals surface area contributed by atoms with Crippen LogP contribution in [0.1, 0.15) is 37.8 Å². The van der Waals surface area contributed by atoms with Crippen LogP contribution in [0.4, 0.5) is 16.2 Å². The summed E-state index contributed by atoms with van der Waals surface area (Å²) in [6.45, 7) is 3.63. The van der Waals surface area contributed by atoms with E-state index in [2.05, 4.69) is 0 Å². The molecule has 17 heteroatoms. The van der Waals surface area contributed by atoms with Crippen molar-refractivity contribution in [1.82, 2.24) is 9.80 Å². The average molecular weight is 741 g/mol. The van der Waals surface area contributed by atoms with Crippen LogP contribution in [0.2, 0.25) is 0 Å². The first-order valence-corrected chi connectivity index (χ1v) is 17.7. The van der Waals surface area contributed by atoms with Crippen LogP contribution in [0, 0.1) is 32.1 Å². The zero-order valence-corrected chi connectivity index (χ0v) is 30.3. The summed E-state index contributed by atoms with van der Waals surface area (Å²) >= 11 is 1.29. The minimum Gasteiger partial charge on any atom is -0.456 e. The second-order valence-electron chi connectivity index (χ2n) is 14.3. The number of Topliss-reactive ketones (excluding diaryl/α,β-unsaturated/α-hetero) is 1. The van der Waals surface area contributed by atoms with Crippen molar-refractivity contribution in [1.29, 1.82) is 0 Å². The molecule has 6 atom stereocenters. The summed E-state index contributed by atoms with van der Waals surface area (Å²) in [4.78, 5) is 78.4. The number of nitro groups is 2. The molecule has 2 saturated heterocycles. The maximum atomic E-state index is 13.7. The molecule has 0 aliphatic carbocycles. The van der Waals surface area contributed by atoms with E-state index in [1.807, 2.05) is 28.1 Å². The Balaban J connectivity index is 1.37. The molecular weight excluding hydrogens is 698 g/mol. The summed E-state index contributed by atoms with van der Waals surface area (Å²) in [5.41, 5.74) is 0.851. The average Bonchev–Trinajstić information content (AvgIpc) is 3.62. The Bertz CT molecular complexity index is 1770. The molecule has 16 nitrogen and oxygen atoms in total. The Kier molecular flexibility index (Phi) is 11.4. The summed E-state index contributed by atoms with van der Waals surface area (Å²) in [6, 6.07) is 9.81. The number of hydrogen-bond acceptors (Lipinski definition) is 12. The molecule has 0 aromatic heterocycles. The van der Waals surface area contributed by atoms with Crippen molar-refractivity contribution in [2.45, 2.75) is 63.3 Å². The van der Waals surface area contributed by atoms with Crippen LogP contribution >= 0.6 is 11.8 Å². The second-order valence-corrected chi connectivity index (χ2v) is 15.7. The van der Waals surface area contributed by atoms with E-state index in [0.29, 0.717) is 27.1 Å². The van der Waals surface area contributed by atoms with Gasteiger partial charge >= 0.3 is 12.1 Å². The van der Waals surface area contributed by atoms with Gasteiger partial charge in [0, 0.05) is 46.9 Å². The largest absolute Gasteiger partial charge is 0.456 e. The first-order chi connectivity index (χ1) is 24.5. The minimum absolute atomic E-state index is 0.0402. The summed E-state index contributed by atoms with van der Waals surface area (Å²) in [6.07, 6.45) is -1.23. The van der Waals surface area contributed by atoms with Gasteiger partial charge in [-0.1, -0.05) is 6.92 Å². The number of esters is 1. The number of non-ortho nitro benzene ring substituents is 2. The number of ketones is 1. The molecule has 0 spiro atoms. The third-order valence-corrected chi connectivity index (χ3v) is 11.0. The van der Waals surface area contributed by atoms with Gasteiger partial charge in [-0.05, 0) is 48.7 Å². The summed E-state index contributed by atoms with van der Waals surface area (Å²) in [7, 11) is 5.87. The summed E-state index contributed by atoms with van der Waals surface area (Å²) in [5.74, 6) is -2.45. The number of aliphatic hydroxyl groups is 1. The lowest BCUT2D eigenvalue weighted by Crippen LogP contribution is -2.63. The number of aliphatic hydroxyl groups excluding tert-OH is 1. The van der Waals surface area contributed by atoms with Crippen LogP contribution in [-0.2, 0) is 37.1 Å². The van der Waals surface area contributed by atoms with Crippen molar-refractivity contribution < 1.29 is 48.1 Å². The van der Waals surface area contributed by atoms with E-state index < -0.39 is 51.9 Å². The highest BCUT2D eigenvalue weighted by molar-refractivity contribution is 8.03. The number of ether oxygens (including phenoxy) is 2. The van der Waals surface area contributed by atoms with E-state index in [1.54, 1.807) is 0 Å². The lowest BCUT2D eigenvalue weighted by atomic mass is 9.79. The molecule has 1 N–H and O–H groups in total. The molecule has 2 fully saturated rings. The number of rotatable bonds is 14. The molecule has 5 rings (SSSR count). The van der Waals surface area contributed by atoms with Crippen molar-refractivity contribution >= 4 is 46.9 Å². The molecule has 278 valence electrons. The molecule has 3 heterocycles. The van der Waals surface area contributed by atoms with Gasteiger partial charge in [0.15, 0.2) is 5.78 Å². The van der Waals surface area contributed by atoms with E-state index >= 15 is 0 Å². The van der Waals surface area contributed by atoms with Gasteiger partial charge in [-0.25, -0.2) is 9.59 Å². The Hall–Kier alpha value is -4.87. The van der Waals surface area contributed by atoms with E-state index in [-0.39, 0.29) is 66.6 Å². The number of amides is 2. The van der Waals surface area contributed by atoms with Crippen LogP contribution in [0.5, 0.6) is 0 Å². The van der Waals surface area contributed by atoms with Crippen LogP contribution in [0.15, 0.2) is 59.1 Å². The van der Waals surface area contributed by atoms with Crippen LogP contribution in [0.3, 0.4) is 0 Å². The van der Waals surface area contributed by atoms with Gasteiger partial charge in [-0.2, -0.15) is 0 Å². The van der Waals surface area contributed by atoms with E-state index in [4.69, 9.17) is 9.47 Å². The molecule has 0 bridgehead atoms. The topological polar surface area (TPSA) is 200 Å². The predicted octanol–water partition coefficient (Wildman–Crippen LogP) is 3.79. The molecule has 2 aromatic carbocycles. The maximum Gasteiger partial charge on any atom is 0.410 e. The number of carbonyl (C=O) groups is 4. The van der Waals surface area contributed by atoms with E-state index in [9.17, 15) is 44.5 Å². The molecule has 3 aliphatic heterocycles. The number of thioether (sulfide) groups is 1. The van der Waals surface area contributed by atoms with Crippen LogP contribution in [-0.4, -0.2) is 111 Å². The van der Waals surface area contributed by atoms with E-state index in [1.165, 1.54) is 77.0 Å². The fourth-order valence-corrected chi connectivity index (χ4v) is 8.24. The molecular formula is C35H42N5O11S+. The third kappa shape index (κ3) is 8.26. The Morgan fingerprint density at radius 1 is 0.962 bits per heavy atom. The first kappa shape index (κ1) is 38.4. The molecule has 0 unspecified atom stereocenters. The smallest absolute Gasteiger partial charge is 0.410 e. The van der Waals surface area contributed by atoms with Gasteiger partial charge in [0.1, 0.15) is 18.9 Å². The SMILES string of the molecule is C[C@@H](O)[C@H]1C(=O)N2C(C(=O)OCc3ccc([N+](=O)[O-])cc3)=C(S[C@H]3C[C@@H](C(=O)CC[N+](C)(C)C)N(C(=O)OCc4ccc([N+](=O)[O-])cc4)C3)[C@H](C)[C@H]12. The molecule has 2 amide bonds. The van der Waals surface area contributed by atoms with Crippen molar-refractivity contribution in [2.24, 2.45) is 11.8 Å². The second kappa shape index (κ2) is 15.4. The van der Waals surface area contributed by atoms with Gasteiger partial charge < -0.3 is 24.0 Å². The minimum atomic E-state index is -0.964. The van der Waals surface area contributed by atoms with Crippen molar-refractivity contribution in [3.8, 4) is 0 Å². The third-order valence-electron chi connectivity index (χ3n) is 9.52. The molecule has 0 radical (unpaired) electrons. The van der Waals surface area contributed by atoms with Crippen molar-refractivity contribution in [3.05, 3.63) is 90.5 Å². The number of nitro benzene ring substituents is 2. The van der Waals surface area contributed by atoms with Gasteiger partial charge in [0.25, 0.3) is 11.4 Å². The number of likely N-dealkylation sites (tertiary alicyclic amines) is 1. The standard InChI is InChI=1S/C35H42N5O11S/c1-20-30-29(21(2)41)33(43)37(30)31(34(44)50-18-22-6-10-24(11-7-22)38(46)47)32(20)52-26-16-27(28(42)14-15-40(3,4)5)36(17-26)35(45)51-19-23-8-12-25(13-9-23)39(48)49/h6-13,20-21,26-27,29-30,41H,14-19H2,1-5H3/q+1/t20-,21-,26+,27+,29-,30-/m1/s1. The Labute approximate surface area is 304 Å². The number of nitrogens with zero attached hydrogens (tertiary/aromatic N) is 5. The quantitative estimate of drug-likeness (QED) is 0.0968. The lowest BCUT2D eigenvalue weighted by Gasteiger charge is -2.46. The number of β-lactam (4-membered cyclic amide) rings is 1.